The van der Waals surface area contributed by atoms with Crippen LogP contribution in [0.2, 0.25) is 0 Å². The minimum atomic E-state index is -0.147. The number of hydrogen-bond acceptors (Lipinski definition) is 5. The van der Waals surface area contributed by atoms with Gasteiger partial charge in [0.15, 0.2) is 0 Å². The molecule has 3 heterocycles. The van der Waals surface area contributed by atoms with Gasteiger partial charge in [-0.1, -0.05) is 0 Å². The lowest BCUT2D eigenvalue weighted by molar-refractivity contribution is -0.116. The molecule has 4 rings (SSSR count). The third-order valence-corrected chi connectivity index (χ3v) is 6.19. The van der Waals surface area contributed by atoms with Gasteiger partial charge in [-0.2, -0.15) is 5.10 Å². The molecule has 1 aromatic carbocycles. The Hall–Kier alpha value is -3.00. The number of hydrogen-bond donors (Lipinski definition) is 1. The standard InChI is InChI=1S/C21H23N5O2S/c1-12(2)26-10-15-9-16(5-6-17(15)24-26)23-18(27)7-8-25-11-22-20-19(21(25)28)13(3)14(4)29-20/h5-6,9-12H,7-8H2,1-4H3,(H,23,27). The van der Waals surface area contributed by atoms with E-state index in [1.54, 1.807) is 0 Å². The van der Waals surface area contributed by atoms with Gasteiger partial charge >= 0.3 is 0 Å². The predicted octanol–water partition coefficient (Wildman–Crippen LogP) is 4.03. The fourth-order valence-electron chi connectivity index (χ4n) is 3.26. The minimum absolute atomic E-state index is 0.0906. The molecule has 0 aliphatic carbocycles. The Morgan fingerprint density at radius 3 is 2.83 bits per heavy atom. The first-order valence-electron chi connectivity index (χ1n) is 9.57. The summed E-state index contributed by atoms with van der Waals surface area (Å²) in [5, 5.41) is 9.05. The van der Waals surface area contributed by atoms with Crippen LogP contribution in [0.4, 0.5) is 5.69 Å². The van der Waals surface area contributed by atoms with Crippen molar-refractivity contribution in [2.45, 2.75) is 46.7 Å². The van der Waals surface area contributed by atoms with Gasteiger partial charge in [0.05, 0.1) is 17.2 Å². The number of rotatable bonds is 5. The van der Waals surface area contributed by atoms with E-state index >= 15 is 0 Å². The smallest absolute Gasteiger partial charge is 0.262 e. The molecule has 0 fully saturated rings. The maximum atomic E-state index is 12.7. The van der Waals surface area contributed by atoms with Crippen LogP contribution in [-0.4, -0.2) is 25.2 Å². The molecule has 8 heteroatoms. The first-order chi connectivity index (χ1) is 13.8. The predicted molar refractivity (Wildman–Crippen MR) is 117 cm³/mol. The van der Waals surface area contributed by atoms with Gasteiger partial charge in [-0.25, -0.2) is 4.98 Å². The van der Waals surface area contributed by atoms with Crippen molar-refractivity contribution in [3.63, 3.8) is 0 Å². The van der Waals surface area contributed by atoms with Crippen LogP contribution in [0.15, 0.2) is 35.5 Å². The quantitative estimate of drug-likeness (QED) is 0.539. The van der Waals surface area contributed by atoms with E-state index in [0.717, 1.165) is 31.9 Å². The molecule has 0 atom stereocenters. The number of thiophene rings is 1. The molecular formula is C21H23N5O2S. The van der Waals surface area contributed by atoms with Crippen molar-refractivity contribution < 1.29 is 4.79 Å². The van der Waals surface area contributed by atoms with Gasteiger partial charge in [0, 0.05) is 41.2 Å². The summed E-state index contributed by atoms with van der Waals surface area (Å²) in [5.74, 6) is -0.147. The van der Waals surface area contributed by atoms with Gasteiger partial charge in [-0.05, 0) is 51.5 Å². The zero-order valence-corrected chi connectivity index (χ0v) is 17.7. The van der Waals surface area contributed by atoms with Crippen LogP contribution < -0.4 is 10.9 Å². The van der Waals surface area contributed by atoms with Gasteiger partial charge in [0.1, 0.15) is 4.83 Å². The highest BCUT2D eigenvalue weighted by molar-refractivity contribution is 7.18. The van der Waals surface area contributed by atoms with Crippen LogP contribution in [0, 0.1) is 13.8 Å². The molecule has 3 aromatic heterocycles. The maximum absolute atomic E-state index is 12.7. The fraction of sp³-hybridized carbons (Fsp3) is 0.333. The molecule has 7 nitrogen and oxygen atoms in total. The first-order valence-corrected chi connectivity index (χ1v) is 10.4. The number of amides is 1. The number of benzene rings is 1. The number of fused-ring (bicyclic) bond motifs is 2. The Morgan fingerprint density at radius 2 is 2.07 bits per heavy atom. The van der Waals surface area contributed by atoms with Gasteiger partial charge in [0.2, 0.25) is 5.91 Å². The molecule has 1 amide bonds. The fourth-order valence-corrected chi connectivity index (χ4v) is 4.25. The molecule has 29 heavy (non-hydrogen) atoms. The number of carbonyl (C=O) groups is 1. The van der Waals surface area contributed by atoms with Crippen molar-refractivity contribution in [3.8, 4) is 0 Å². The summed E-state index contributed by atoms with van der Waals surface area (Å²) >= 11 is 1.52. The Balaban J connectivity index is 1.47. The number of nitrogens with one attached hydrogen (secondary N) is 1. The number of anilines is 1. The summed E-state index contributed by atoms with van der Waals surface area (Å²) < 4.78 is 3.41. The first kappa shape index (κ1) is 19.3. The molecule has 0 saturated heterocycles. The second-order valence-electron chi connectivity index (χ2n) is 7.48. The molecule has 0 saturated carbocycles. The van der Waals surface area contributed by atoms with E-state index in [0.29, 0.717) is 5.39 Å². The lowest BCUT2D eigenvalue weighted by Crippen LogP contribution is -2.23. The van der Waals surface area contributed by atoms with Gasteiger partial charge in [-0.15, -0.1) is 11.3 Å². The van der Waals surface area contributed by atoms with Crippen LogP contribution in [-0.2, 0) is 11.3 Å². The van der Waals surface area contributed by atoms with Crippen molar-refractivity contribution in [1.82, 2.24) is 19.3 Å². The van der Waals surface area contributed by atoms with Crippen LogP contribution in [0.25, 0.3) is 21.1 Å². The second kappa shape index (κ2) is 7.44. The lowest BCUT2D eigenvalue weighted by atomic mass is 10.2. The largest absolute Gasteiger partial charge is 0.326 e. The van der Waals surface area contributed by atoms with E-state index in [4.69, 9.17) is 0 Å². The molecular weight excluding hydrogens is 386 g/mol. The average molecular weight is 410 g/mol. The summed E-state index contributed by atoms with van der Waals surface area (Å²) in [6.45, 7) is 8.35. The van der Waals surface area contributed by atoms with E-state index in [9.17, 15) is 9.59 Å². The second-order valence-corrected chi connectivity index (χ2v) is 8.68. The van der Waals surface area contributed by atoms with Crippen molar-refractivity contribution in [1.29, 1.82) is 0 Å². The Kier molecular flexibility index (Phi) is 4.96. The van der Waals surface area contributed by atoms with Crippen molar-refractivity contribution >= 4 is 44.1 Å². The third-order valence-electron chi connectivity index (χ3n) is 5.07. The lowest BCUT2D eigenvalue weighted by Gasteiger charge is -2.07. The van der Waals surface area contributed by atoms with E-state index < -0.39 is 0 Å². The number of aryl methyl sites for hydroxylation is 3. The molecule has 0 aliphatic heterocycles. The van der Waals surface area contributed by atoms with Crippen molar-refractivity contribution in [2.75, 3.05) is 5.32 Å². The zero-order valence-electron chi connectivity index (χ0n) is 16.9. The normalized spacial score (nSPS) is 11.6. The molecule has 0 radical (unpaired) electrons. The summed E-state index contributed by atoms with van der Waals surface area (Å²) in [5.41, 5.74) is 2.49. The average Bonchev–Trinajstić information content (AvgIpc) is 3.22. The van der Waals surface area contributed by atoms with Crippen molar-refractivity contribution in [3.05, 3.63) is 51.5 Å². The molecule has 4 aromatic rings. The Labute approximate surface area is 172 Å². The summed E-state index contributed by atoms with van der Waals surface area (Å²) in [7, 11) is 0. The molecule has 0 unspecified atom stereocenters. The SMILES string of the molecule is Cc1sc2ncn(CCC(=O)Nc3ccc4nn(C(C)C)cc4c3)c(=O)c2c1C. The number of nitrogens with zero attached hydrogens (tertiary/aromatic N) is 4. The summed E-state index contributed by atoms with van der Waals surface area (Å²) in [6.07, 6.45) is 3.69. The highest BCUT2D eigenvalue weighted by atomic mass is 32.1. The number of carbonyl (C=O) groups excluding carboxylic acids is 1. The third kappa shape index (κ3) is 3.67. The molecule has 0 aliphatic rings. The Bertz CT molecular complexity index is 1280. The van der Waals surface area contributed by atoms with E-state index in [2.05, 4.69) is 29.2 Å². The maximum Gasteiger partial charge on any atom is 0.262 e. The summed E-state index contributed by atoms with van der Waals surface area (Å²) in [6, 6.07) is 5.93. The van der Waals surface area contributed by atoms with Gasteiger partial charge < -0.3 is 5.32 Å². The number of aromatic nitrogens is 4. The van der Waals surface area contributed by atoms with Crippen LogP contribution in [0.3, 0.4) is 0 Å². The van der Waals surface area contributed by atoms with Crippen molar-refractivity contribution in [2.24, 2.45) is 0 Å². The zero-order chi connectivity index (χ0) is 20.7. The van der Waals surface area contributed by atoms with Crippen LogP contribution in [0.5, 0.6) is 0 Å². The highest BCUT2D eigenvalue weighted by Crippen LogP contribution is 2.25. The van der Waals surface area contributed by atoms with E-state index in [1.165, 1.54) is 22.2 Å². The highest BCUT2D eigenvalue weighted by Gasteiger charge is 2.13. The topological polar surface area (TPSA) is 81.8 Å². The Morgan fingerprint density at radius 1 is 1.28 bits per heavy atom. The van der Waals surface area contributed by atoms with E-state index in [-0.39, 0.29) is 30.5 Å². The van der Waals surface area contributed by atoms with Gasteiger partial charge in [-0.3, -0.25) is 18.8 Å². The molecule has 0 bridgehead atoms. The van der Waals surface area contributed by atoms with Crippen LogP contribution >= 0.6 is 11.3 Å². The summed E-state index contributed by atoms with van der Waals surface area (Å²) in [4.78, 5) is 31.4. The van der Waals surface area contributed by atoms with E-state index in [1.807, 2.05) is 42.9 Å². The van der Waals surface area contributed by atoms with Crippen LogP contribution in [0.1, 0.15) is 36.8 Å². The molecule has 0 spiro atoms. The van der Waals surface area contributed by atoms with Gasteiger partial charge in [0.25, 0.3) is 5.56 Å². The molecule has 150 valence electrons. The monoisotopic (exact) mass is 409 g/mol. The minimum Gasteiger partial charge on any atom is -0.326 e. The molecule has 1 N–H and O–H groups in total.